The molecule has 3 heterocycles. The fraction of sp³-hybridized carbons (Fsp3) is 0.533. The molecule has 0 spiro atoms. The number of thiophene rings is 1. The minimum Gasteiger partial charge on any atom is -0.457 e. The van der Waals surface area contributed by atoms with Crippen LogP contribution >= 0.6 is 23.1 Å². The van der Waals surface area contributed by atoms with E-state index in [9.17, 15) is 18.0 Å². The average molecular weight is 403 g/mol. The van der Waals surface area contributed by atoms with Crippen LogP contribution < -0.4 is 5.56 Å². The topological polar surface area (TPSA) is 106 Å². The molecule has 0 unspecified atom stereocenters. The molecule has 1 saturated heterocycles. The maximum absolute atomic E-state index is 12.1. The Balaban J connectivity index is 1.57. The van der Waals surface area contributed by atoms with Crippen molar-refractivity contribution in [2.75, 3.05) is 17.3 Å². The molecule has 0 aromatic carbocycles. The van der Waals surface area contributed by atoms with Gasteiger partial charge in [0.2, 0.25) is 0 Å². The summed E-state index contributed by atoms with van der Waals surface area (Å²) in [4.78, 5) is 32.6. The monoisotopic (exact) mass is 402 g/mol. The summed E-state index contributed by atoms with van der Waals surface area (Å²) in [5.41, 5.74) is 0.684. The molecule has 1 aliphatic rings. The number of hydrogen-bond acceptors (Lipinski definition) is 8. The number of carbonyl (C=O) groups is 1. The molecule has 1 aliphatic heterocycles. The van der Waals surface area contributed by atoms with Gasteiger partial charge < -0.3 is 9.72 Å². The Morgan fingerprint density at radius 2 is 2.20 bits per heavy atom. The predicted molar refractivity (Wildman–Crippen MR) is 99.0 cm³/mol. The molecule has 0 saturated carbocycles. The zero-order valence-electron chi connectivity index (χ0n) is 13.8. The summed E-state index contributed by atoms with van der Waals surface area (Å²) in [6.07, 6.45) is 0.572. The highest BCUT2D eigenvalue weighted by Crippen LogP contribution is 2.26. The lowest BCUT2D eigenvalue weighted by Gasteiger charge is -2.07. The first kappa shape index (κ1) is 18.4. The Hall–Kier alpha value is -1.39. The van der Waals surface area contributed by atoms with Gasteiger partial charge in [-0.05, 0) is 25.8 Å². The summed E-state index contributed by atoms with van der Waals surface area (Å²) in [5, 5.41) is 0.527. The molecular weight excluding hydrogens is 384 g/mol. The van der Waals surface area contributed by atoms with Crippen LogP contribution in [-0.4, -0.2) is 46.9 Å². The van der Waals surface area contributed by atoms with Crippen LogP contribution in [0.3, 0.4) is 0 Å². The normalized spacial score (nSPS) is 19.4. The number of aromatic nitrogens is 2. The molecule has 0 aliphatic carbocycles. The van der Waals surface area contributed by atoms with E-state index in [1.165, 1.54) is 23.1 Å². The number of thioether (sulfide) groups is 1. The van der Waals surface area contributed by atoms with Crippen molar-refractivity contribution in [3.8, 4) is 0 Å². The third-order valence-corrected chi connectivity index (χ3v) is 8.44. The van der Waals surface area contributed by atoms with Crippen LogP contribution in [0.2, 0.25) is 0 Å². The van der Waals surface area contributed by atoms with E-state index in [1.54, 1.807) is 0 Å². The molecular formula is C15H18N2O5S3. The van der Waals surface area contributed by atoms with Crippen molar-refractivity contribution in [1.29, 1.82) is 0 Å². The Morgan fingerprint density at radius 1 is 1.44 bits per heavy atom. The van der Waals surface area contributed by atoms with Crippen LogP contribution in [0.1, 0.15) is 22.7 Å². The fourth-order valence-corrected chi connectivity index (χ4v) is 7.12. The number of fused-ring (bicyclic) bond motifs is 1. The van der Waals surface area contributed by atoms with Gasteiger partial charge in [-0.15, -0.1) is 23.1 Å². The van der Waals surface area contributed by atoms with E-state index in [4.69, 9.17) is 4.74 Å². The molecule has 1 atom stereocenters. The molecule has 2 aromatic rings. The lowest BCUT2D eigenvalue weighted by atomic mass is 10.2. The molecule has 136 valence electrons. The van der Waals surface area contributed by atoms with Gasteiger partial charge in [0.15, 0.2) is 9.84 Å². The maximum Gasteiger partial charge on any atom is 0.316 e. The van der Waals surface area contributed by atoms with Crippen molar-refractivity contribution in [2.45, 2.75) is 32.1 Å². The summed E-state index contributed by atoms with van der Waals surface area (Å²) >= 11 is 2.73. The minimum absolute atomic E-state index is 0.0519. The second-order valence-electron chi connectivity index (χ2n) is 5.97. The van der Waals surface area contributed by atoms with Gasteiger partial charge in [0.05, 0.1) is 22.6 Å². The Labute approximate surface area is 153 Å². The van der Waals surface area contributed by atoms with Gasteiger partial charge >= 0.3 is 5.97 Å². The number of ether oxygens (including phenoxy) is 1. The molecule has 10 heteroatoms. The van der Waals surface area contributed by atoms with Crippen LogP contribution in [0.4, 0.5) is 0 Å². The third-order valence-electron chi connectivity index (χ3n) is 4.09. The van der Waals surface area contributed by atoms with E-state index in [0.29, 0.717) is 22.5 Å². The molecule has 25 heavy (non-hydrogen) atoms. The van der Waals surface area contributed by atoms with E-state index in [-0.39, 0.29) is 34.7 Å². The van der Waals surface area contributed by atoms with E-state index >= 15 is 0 Å². The lowest BCUT2D eigenvalue weighted by molar-refractivity contribution is -0.141. The molecule has 0 bridgehead atoms. The van der Waals surface area contributed by atoms with Gasteiger partial charge in [-0.1, -0.05) is 0 Å². The molecule has 1 fully saturated rings. The van der Waals surface area contributed by atoms with Gasteiger partial charge in [0, 0.05) is 10.1 Å². The van der Waals surface area contributed by atoms with Crippen LogP contribution in [-0.2, 0) is 26.0 Å². The number of aromatic amines is 1. The smallest absolute Gasteiger partial charge is 0.316 e. The highest BCUT2D eigenvalue weighted by atomic mass is 32.2. The molecule has 3 rings (SSSR count). The van der Waals surface area contributed by atoms with E-state index in [1.807, 2.05) is 13.8 Å². The number of aryl methyl sites for hydroxylation is 2. The predicted octanol–water partition coefficient (Wildman–Crippen LogP) is 1.56. The quantitative estimate of drug-likeness (QED) is 0.757. The Kier molecular flexibility index (Phi) is 5.21. The van der Waals surface area contributed by atoms with Crippen molar-refractivity contribution in [3.63, 3.8) is 0 Å². The van der Waals surface area contributed by atoms with Crippen LogP contribution in [0.5, 0.6) is 0 Å². The van der Waals surface area contributed by atoms with E-state index in [0.717, 1.165) is 10.4 Å². The lowest BCUT2D eigenvalue weighted by Crippen LogP contribution is -2.16. The molecule has 1 N–H and O–H groups in total. The van der Waals surface area contributed by atoms with Gasteiger partial charge in [0.1, 0.15) is 17.3 Å². The van der Waals surface area contributed by atoms with Crippen molar-refractivity contribution >= 4 is 49.1 Å². The molecule has 0 radical (unpaired) electrons. The van der Waals surface area contributed by atoms with Crippen molar-refractivity contribution in [2.24, 2.45) is 0 Å². The van der Waals surface area contributed by atoms with Gasteiger partial charge in [-0.25, -0.2) is 13.4 Å². The Morgan fingerprint density at radius 3 is 2.88 bits per heavy atom. The highest BCUT2D eigenvalue weighted by molar-refractivity contribution is 8.02. The van der Waals surface area contributed by atoms with Crippen molar-refractivity contribution in [3.05, 3.63) is 26.6 Å². The number of esters is 1. The number of nitrogens with zero attached hydrogens (tertiary/aromatic N) is 1. The second-order valence-corrected chi connectivity index (χ2v) is 10.7. The SMILES string of the molecule is Cc1sc2nc(COC(=O)CS[C@@H]3CCS(=O)(=O)C3)[nH]c(=O)c2c1C. The summed E-state index contributed by atoms with van der Waals surface area (Å²) in [5.74, 6) is 0.248. The zero-order chi connectivity index (χ0) is 18.2. The third kappa shape index (κ3) is 4.24. The van der Waals surface area contributed by atoms with Gasteiger partial charge in [-0.3, -0.25) is 9.59 Å². The first-order valence-corrected chi connectivity index (χ1v) is 11.4. The highest BCUT2D eigenvalue weighted by Gasteiger charge is 2.28. The summed E-state index contributed by atoms with van der Waals surface area (Å²) in [7, 11) is -2.95. The largest absolute Gasteiger partial charge is 0.457 e. The van der Waals surface area contributed by atoms with E-state index < -0.39 is 15.8 Å². The van der Waals surface area contributed by atoms with Crippen LogP contribution in [0.15, 0.2) is 4.79 Å². The summed E-state index contributed by atoms with van der Waals surface area (Å²) < 4.78 is 27.9. The fourth-order valence-electron chi connectivity index (χ4n) is 2.64. The average Bonchev–Trinajstić information content (AvgIpc) is 3.02. The first-order valence-electron chi connectivity index (χ1n) is 7.72. The first-order chi connectivity index (χ1) is 11.7. The summed E-state index contributed by atoms with van der Waals surface area (Å²) in [6, 6.07) is 0. The number of rotatable bonds is 5. The number of hydrogen-bond donors (Lipinski definition) is 1. The van der Waals surface area contributed by atoms with Crippen LogP contribution in [0, 0.1) is 13.8 Å². The standard InChI is InChI=1S/C15H18N2O5S3/c1-8-9(2)24-15-13(8)14(19)16-11(17-15)5-22-12(18)6-23-10-3-4-25(20,21)7-10/h10H,3-7H2,1-2H3,(H,16,17,19)/t10-/m1/s1. The maximum atomic E-state index is 12.1. The van der Waals surface area contributed by atoms with Gasteiger partial charge in [-0.2, -0.15) is 0 Å². The molecule has 2 aromatic heterocycles. The number of nitrogens with one attached hydrogen (secondary N) is 1. The zero-order valence-corrected chi connectivity index (χ0v) is 16.3. The van der Waals surface area contributed by atoms with Crippen molar-refractivity contribution in [1.82, 2.24) is 9.97 Å². The molecule has 0 amide bonds. The number of sulfone groups is 1. The number of H-pyrrole nitrogens is 1. The Bertz CT molecular complexity index is 977. The van der Waals surface area contributed by atoms with E-state index in [2.05, 4.69) is 9.97 Å². The molecule has 7 nitrogen and oxygen atoms in total. The van der Waals surface area contributed by atoms with Crippen molar-refractivity contribution < 1.29 is 17.9 Å². The summed E-state index contributed by atoms with van der Waals surface area (Å²) in [6.45, 7) is 3.70. The van der Waals surface area contributed by atoms with Crippen LogP contribution in [0.25, 0.3) is 10.2 Å². The minimum atomic E-state index is -2.95. The van der Waals surface area contributed by atoms with Gasteiger partial charge in [0.25, 0.3) is 5.56 Å². The second kappa shape index (κ2) is 7.08. The number of carbonyl (C=O) groups excluding carboxylic acids is 1.